The zero-order chi connectivity index (χ0) is 16.1. The number of hydrogen-bond donors (Lipinski definition) is 2. The van der Waals surface area contributed by atoms with E-state index in [-0.39, 0.29) is 11.7 Å². The van der Waals surface area contributed by atoms with Crippen LogP contribution in [0.3, 0.4) is 0 Å². The van der Waals surface area contributed by atoms with Crippen LogP contribution in [0.5, 0.6) is 0 Å². The Labute approximate surface area is 134 Å². The molecule has 2 aromatic carbocycles. The third-order valence-corrected chi connectivity index (χ3v) is 3.55. The zero-order valence-corrected chi connectivity index (χ0v) is 13.2. The SMILES string of the molecule is Cc1ccc([N+](=O)[O-])cc1NC(=S)NC(C)c1ccccc1. The predicted molar refractivity (Wildman–Crippen MR) is 92.0 cm³/mol. The molecule has 0 amide bonds. The maximum atomic E-state index is 10.8. The van der Waals surface area contributed by atoms with Gasteiger partial charge in [0, 0.05) is 17.8 Å². The number of anilines is 1. The summed E-state index contributed by atoms with van der Waals surface area (Å²) in [6.07, 6.45) is 0. The first-order chi connectivity index (χ1) is 10.5. The standard InChI is InChI=1S/C16H17N3O2S/c1-11-8-9-14(19(20)21)10-15(11)18-16(22)17-12(2)13-6-4-3-5-7-13/h3-10,12H,1-2H3,(H2,17,18,22). The van der Waals surface area contributed by atoms with Gasteiger partial charge in [0.25, 0.3) is 5.69 Å². The summed E-state index contributed by atoms with van der Waals surface area (Å²) < 4.78 is 0. The van der Waals surface area contributed by atoms with E-state index in [9.17, 15) is 10.1 Å². The summed E-state index contributed by atoms with van der Waals surface area (Å²) in [5.74, 6) is 0. The van der Waals surface area contributed by atoms with Gasteiger partial charge in [0.1, 0.15) is 0 Å². The fraction of sp³-hybridized carbons (Fsp3) is 0.188. The minimum Gasteiger partial charge on any atom is -0.356 e. The van der Waals surface area contributed by atoms with Gasteiger partial charge >= 0.3 is 0 Å². The molecule has 0 aromatic heterocycles. The molecule has 1 atom stereocenters. The summed E-state index contributed by atoms with van der Waals surface area (Å²) in [6.45, 7) is 3.87. The van der Waals surface area contributed by atoms with Gasteiger partial charge < -0.3 is 10.6 Å². The Hall–Kier alpha value is -2.47. The van der Waals surface area contributed by atoms with Crippen LogP contribution in [0.1, 0.15) is 24.1 Å². The topological polar surface area (TPSA) is 67.2 Å². The van der Waals surface area contributed by atoms with Gasteiger partial charge in [-0.2, -0.15) is 0 Å². The van der Waals surface area contributed by atoms with Crippen molar-refractivity contribution in [1.82, 2.24) is 5.32 Å². The summed E-state index contributed by atoms with van der Waals surface area (Å²) in [6, 6.07) is 14.6. The van der Waals surface area contributed by atoms with Crippen LogP contribution in [0.25, 0.3) is 0 Å². The molecule has 1 unspecified atom stereocenters. The lowest BCUT2D eigenvalue weighted by molar-refractivity contribution is -0.384. The molecule has 114 valence electrons. The smallest absolute Gasteiger partial charge is 0.271 e. The summed E-state index contributed by atoms with van der Waals surface area (Å²) in [5.41, 5.74) is 2.67. The van der Waals surface area contributed by atoms with Crippen LogP contribution in [-0.4, -0.2) is 10.0 Å². The number of rotatable bonds is 4. The average molecular weight is 315 g/mol. The molecule has 2 N–H and O–H groups in total. The van der Waals surface area contributed by atoms with Gasteiger partial charge in [-0.1, -0.05) is 36.4 Å². The monoisotopic (exact) mass is 315 g/mol. The highest BCUT2D eigenvalue weighted by Gasteiger charge is 2.11. The van der Waals surface area contributed by atoms with Crippen molar-refractivity contribution in [2.45, 2.75) is 19.9 Å². The second kappa shape index (κ2) is 7.00. The lowest BCUT2D eigenvalue weighted by atomic mass is 10.1. The first-order valence-electron chi connectivity index (χ1n) is 6.85. The van der Waals surface area contributed by atoms with Crippen molar-refractivity contribution in [3.63, 3.8) is 0 Å². The number of aryl methyl sites for hydroxylation is 1. The lowest BCUT2D eigenvalue weighted by Crippen LogP contribution is -2.31. The van der Waals surface area contributed by atoms with Crippen LogP contribution in [0.4, 0.5) is 11.4 Å². The van der Waals surface area contributed by atoms with E-state index in [0.717, 1.165) is 11.1 Å². The van der Waals surface area contributed by atoms with E-state index in [1.165, 1.54) is 12.1 Å². The predicted octanol–water partition coefficient (Wildman–Crippen LogP) is 3.95. The quantitative estimate of drug-likeness (QED) is 0.508. The highest BCUT2D eigenvalue weighted by molar-refractivity contribution is 7.80. The molecule has 0 saturated carbocycles. The third-order valence-electron chi connectivity index (χ3n) is 3.33. The summed E-state index contributed by atoms with van der Waals surface area (Å²) in [5, 5.41) is 17.5. The van der Waals surface area contributed by atoms with Crippen molar-refractivity contribution in [3.05, 3.63) is 69.8 Å². The van der Waals surface area contributed by atoms with Crippen molar-refractivity contribution in [1.29, 1.82) is 0 Å². The molecule has 6 heteroatoms. The van der Waals surface area contributed by atoms with Crippen LogP contribution in [0.2, 0.25) is 0 Å². The Morgan fingerprint density at radius 1 is 1.23 bits per heavy atom. The molecule has 22 heavy (non-hydrogen) atoms. The minimum absolute atomic E-state index is 0.0343. The number of benzene rings is 2. The summed E-state index contributed by atoms with van der Waals surface area (Å²) in [7, 11) is 0. The van der Waals surface area contributed by atoms with E-state index in [1.54, 1.807) is 6.07 Å². The molecule has 2 aromatic rings. The Kier molecular flexibility index (Phi) is 5.06. The number of nitro groups is 1. The Morgan fingerprint density at radius 2 is 1.91 bits per heavy atom. The highest BCUT2D eigenvalue weighted by atomic mass is 32.1. The molecule has 0 heterocycles. The number of thiocarbonyl (C=S) groups is 1. The van der Waals surface area contributed by atoms with Crippen LogP contribution in [0, 0.1) is 17.0 Å². The van der Waals surface area contributed by atoms with Crippen molar-refractivity contribution in [2.75, 3.05) is 5.32 Å². The number of nitrogens with one attached hydrogen (secondary N) is 2. The van der Waals surface area contributed by atoms with Crippen molar-refractivity contribution < 1.29 is 4.92 Å². The molecular formula is C16H17N3O2S. The Morgan fingerprint density at radius 3 is 2.55 bits per heavy atom. The fourth-order valence-electron chi connectivity index (χ4n) is 2.04. The number of nitro benzene ring substituents is 1. The molecule has 0 radical (unpaired) electrons. The lowest BCUT2D eigenvalue weighted by Gasteiger charge is -2.18. The van der Waals surface area contributed by atoms with Gasteiger partial charge in [0.2, 0.25) is 0 Å². The number of non-ortho nitro benzene ring substituents is 1. The molecule has 0 saturated heterocycles. The molecule has 5 nitrogen and oxygen atoms in total. The summed E-state index contributed by atoms with van der Waals surface area (Å²) >= 11 is 5.29. The second-order valence-corrected chi connectivity index (χ2v) is 5.40. The number of hydrogen-bond acceptors (Lipinski definition) is 3. The normalized spacial score (nSPS) is 11.5. The maximum absolute atomic E-state index is 10.8. The first-order valence-corrected chi connectivity index (χ1v) is 7.25. The zero-order valence-electron chi connectivity index (χ0n) is 12.4. The van der Waals surface area contributed by atoms with E-state index < -0.39 is 4.92 Å². The van der Waals surface area contributed by atoms with Gasteiger partial charge in [-0.25, -0.2) is 0 Å². The van der Waals surface area contributed by atoms with Crippen LogP contribution in [0.15, 0.2) is 48.5 Å². The van der Waals surface area contributed by atoms with Gasteiger partial charge in [0.15, 0.2) is 5.11 Å². The third kappa shape index (κ3) is 4.02. The summed E-state index contributed by atoms with van der Waals surface area (Å²) in [4.78, 5) is 10.4. The molecule has 2 rings (SSSR count). The average Bonchev–Trinajstić information content (AvgIpc) is 2.50. The molecule has 0 bridgehead atoms. The second-order valence-electron chi connectivity index (χ2n) is 4.99. The van der Waals surface area contributed by atoms with Crippen LogP contribution in [-0.2, 0) is 0 Å². The number of nitrogens with zero attached hydrogens (tertiary/aromatic N) is 1. The molecule has 0 aliphatic rings. The van der Waals surface area contributed by atoms with Gasteiger partial charge in [-0.3, -0.25) is 10.1 Å². The van der Waals surface area contributed by atoms with Crippen LogP contribution < -0.4 is 10.6 Å². The fourth-order valence-corrected chi connectivity index (χ4v) is 2.33. The molecule has 0 fully saturated rings. The van der Waals surface area contributed by atoms with E-state index in [1.807, 2.05) is 44.2 Å². The van der Waals surface area contributed by atoms with Crippen molar-refractivity contribution in [2.24, 2.45) is 0 Å². The Bertz CT molecular complexity index is 689. The van der Waals surface area contributed by atoms with E-state index in [4.69, 9.17) is 12.2 Å². The molecular weight excluding hydrogens is 298 g/mol. The van der Waals surface area contributed by atoms with Gasteiger partial charge in [-0.15, -0.1) is 0 Å². The van der Waals surface area contributed by atoms with E-state index in [0.29, 0.717) is 10.8 Å². The van der Waals surface area contributed by atoms with Crippen LogP contribution >= 0.6 is 12.2 Å². The largest absolute Gasteiger partial charge is 0.356 e. The Balaban J connectivity index is 2.06. The first kappa shape index (κ1) is 15.9. The molecule has 0 aliphatic heterocycles. The van der Waals surface area contributed by atoms with E-state index in [2.05, 4.69) is 10.6 Å². The maximum Gasteiger partial charge on any atom is 0.271 e. The van der Waals surface area contributed by atoms with Gasteiger partial charge in [0.05, 0.1) is 11.0 Å². The minimum atomic E-state index is -0.423. The molecule has 0 spiro atoms. The van der Waals surface area contributed by atoms with Crippen molar-refractivity contribution in [3.8, 4) is 0 Å². The van der Waals surface area contributed by atoms with E-state index >= 15 is 0 Å². The highest BCUT2D eigenvalue weighted by Crippen LogP contribution is 2.22. The van der Waals surface area contributed by atoms with Crippen molar-refractivity contribution >= 4 is 28.7 Å². The molecule has 0 aliphatic carbocycles. The van der Waals surface area contributed by atoms with Gasteiger partial charge in [-0.05, 0) is 37.2 Å².